The zero-order valence-electron chi connectivity index (χ0n) is 8.75. The summed E-state index contributed by atoms with van der Waals surface area (Å²) in [7, 11) is 0. The van der Waals surface area contributed by atoms with Crippen molar-refractivity contribution in [3.8, 4) is 0 Å². The Kier molecular flexibility index (Phi) is 3.68. The maximum absolute atomic E-state index is 12.9. The maximum Gasteiger partial charge on any atom is 0.214 e. The van der Waals surface area contributed by atoms with Crippen LogP contribution in [0.2, 0.25) is 0 Å². The normalized spacial score (nSPS) is 10.3. The van der Waals surface area contributed by atoms with E-state index in [9.17, 15) is 8.78 Å². The van der Waals surface area contributed by atoms with Gasteiger partial charge >= 0.3 is 0 Å². The van der Waals surface area contributed by atoms with E-state index >= 15 is 0 Å². The number of hydrogen-bond donors (Lipinski definition) is 1. The molecule has 0 radical (unpaired) electrons. The highest BCUT2D eigenvalue weighted by Crippen LogP contribution is 2.19. The standard InChI is InChI=1S/C12H9BrF2N2/c13-10-6-9(14)5-4-8(10)7-16-12-3-1-2-11(15)17-12/h1-6H,7H2,(H,16,17). The summed E-state index contributed by atoms with van der Waals surface area (Å²) in [5.41, 5.74) is 0.873. The molecule has 2 nitrogen and oxygen atoms in total. The second kappa shape index (κ2) is 5.23. The van der Waals surface area contributed by atoms with E-state index in [0.29, 0.717) is 16.8 Å². The van der Waals surface area contributed by atoms with Gasteiger partial charge in [-0.05, 0) is 29.8 Å². The van der Waals surface area contributed by atoms with Crippen LogP contribution in [0.1, 0.15) is 5.56 Å². The van der Waals surface area contributed by atoms with E-state index in [-0.39, 0.29) is 5.82 Å². The average Bonchev–Trinajstić information content (AvgIpc) is 2.28. The molecular weight excluding hydrogens is 290 g/mol. The van der Waals surface area contributed by atoms with Crippen LogP contribution in [0, 0.1) is 11.8 Å². The number of anilines is 1. The van der Waals surface area contributed by atoms with E-state index in [1.54, 1.807) is 18.2 Å². The smallest absolute Gasteiger partial charge is 0.214 e. The first-order valence-electron chi connectivity index (χ1n) is 4.95. The molecule has 1 aromatic heterocycles. The predicted octanol–water partition coefficient (Wildman–Crippen LogP) is 3.73. The van der Waals surface area contributed by atoms with Crippen LogP contribution < -0.4 is 5.32 Å². The summed E-state index contributed by atoms with van der Waals surface area (Å²) >= 11 is 3.26. The lowest BCUT2D eigenvalue weighted by Crippen LogP contribution is -2.02. The van der Waals surface area contributed by atoms with Gasteiger partial charge in [-0.3, -0.25) is 0 Å². The van der Waals surface area contributed by atoms with Gasteiger partial charge in [0.2, 0.25) is 5.95 Å². The molecule has 1 aromatic carbocycles. The van der Waals surface area contributed by atoms with E-state index < -0.39 is 5.95 Å². The van der Waals surface area contributed by atoms with Crippen LogP contribution in [0.5, 0.6) is 0 Å². The number of benzene rings is 1. The average molecular weight is 299 g/mol. The molecule has 5 heteroatoms. The Morgan fingerprint density at radius 2 is 2.00 bits per heavy atom. The Hall–Kier alpha value is -1.49. The first-order valence-corrected chi connectivity index (χ1v) is 5.75. The lowest BCUT2D eigenvalue weighted by atomic mass is 10.2. The fourth-order valence-electron chi connectivity index (χ4n) is 1.36. The van der Waals surface area contributed by atoms with Crippen molar-refractivity contribution in [3.63, 3.8) is 0 Å². The van der Waals surface area contributed by atoms with Crippen LogP contribution in [-0.2, 0) is 6.54 Å². The molecule has 0 aliphatic rings. The molecule has 0 aliphatic heterocycles. The molecule has 0 saturated heterocycles. The lowest BCUT2D eigenvalue weighted by Gasteiger charge is -2.07. The first kappa shape index (κ1) is 12.0. The number of halogens is 3. The van der Waals surface area contributed by atoms with Crippen LogP contribution in [0.25, 0.3) is 0 Å². The number of nitrogens with zero attached hydrogens (tertiary/aromatic N) is 1. The fraction of sp³-hybridized carbons (Fsp3) is 0.0833. The molecule has 0 fully saturated rings. The van der Waals surface area contributed by atoms with Gasteiger partial charge in [0.25, 0.3) is 0 Å². The molecule has 0 spiro atoms. The number of aromatic nitrogens is 1. The molecule has 2 rings (SSSR count). The summed E-state index contributed by atoms with van der Waals surface area (Å²) in [5.74, 6) is -0.390. The SMILES string of the molecule is Fc1ccc(CNc2cccc(F)n2)c(Br)c1. The van der Waals surface area contributed by atoms with Crippen LogP contribution in [0.15, 0.2) is 40.9 Å². The molecular formula is C12H9BrF2N2. The van der Waals surface area contributed by atoms with Crippen molar-refractivity contribution in [2.45, 2.75) is 6.54 Å². The summed E-state index contributed by atoms with van der Waals surface area (Å²) in [6.07, 6.45) is 0. The molecule has 2 aromatic rings. The third-order valence-electron chi connectivity index (χ3n) is 2.19. The van der Waals surface area contributed by atoms with Crippen molar-refractivity contribution in [1.82, 2.24) is 4.98 Å². The molecule has 1 N–H and O–H groups in total. The van der Waals surface area contributed by atoms with Gasteiger partial charge in [0.05, 0.1) is 0 Å². The second-order valence-corrected chi connectivity index (χ2v) is 4.29. The van der Waals surface area contributed by atoms with E-state index in [0.717, 1.165) is 5.56 Å². The van der Waals surface area contributed by atoms with Gasteiger partial charge < -0.3 is 5.32 Å². The fourth-order valence-corrected chi connectivity index (χ4v) is 1.85. The topological polar surface area (TPSA) is 24.9 Å². The number of rotatable bonds is 3. The Balaban J connectivity index is 2.07. The molecule has 0 unspecified atom stereocenters. The minimum absolute atomic E-state index is 0.301. The van der Waals surface area contributed by atoms with Crippen molar-refractivity contribution in [2.24, 2.45) is 0 Å². The van der Waals surface area contributed by atoms with Crippen LogP contribution >= 0.6 is 15.9 Å². The summed E-state index contributed by atoms with van der Waals surface area (Å²) < 4.78 is 26.3. The summed E-state index contributed by atoms with van der Waals surface area (Å²) in [4.78, 5) is 3.67. The van der Waals surface area contributed by atoms with Gasteiger partial charge in [0.1, 0.15) is 11.6 Å². The summed E-state index contributed by atoms with van der Waals surface area (Å²) in [6, 6.07) is 8.94. The molecule has 17 heavy (non-hydrogen) atoms. The van der Waals surface area contributed by atoms with E-state index in [2.05, 4.69) is 26.2 Å². The van der Waals surface area contributed by atoms with E-state index in [4.69, 9.17) is 0 Å². The van der Waals surface area contributed by atoms with Gasteiger partial charge in [0.15, 0.2) is 0 Å². The predicted molar refractivity (Wildman–Crippen MR) is 65.6 cm³/mol. The number of pyridine rings is 1. The number of nitrogens with one attached hydrogen (secondary N) is 1. The molecule has 0 saturated carbocycles. The highest BCUT2D eigenvalue weighted by molar-refractivity contribution is 9.10. The van der Waals surface area contributed by atoms with Crippen LogP contribution in [-0.4, -0.2) is 4.98 Å². The minimum Gasteiger partial charge on any atom is -0.366 e. The minimum atomic E-state index is -0.534. The van der Waals surface area contributed by atoms with Crippen molar-refractivity contribution < 1.29 is 8.78 Å². The van der Waals surface area contributed by atoms with Gasteiger partial charge in [-0.1, -0.05) is 28.1 Å². The zero-order valence-corrected chi connectivity index (χ0v) is 10.3. The van der Waals surface area contributed by atoms with Crippen molar-refractivity contribution >= 4 is 21.7 Å². The molecule has 1 heterocycles. The Morgan fingerprint density at radius 3 is 2.71 bits per heavy atom. The molecule has 0 aliphatic carbocycles. The lowest BCUT2D eigenvalue weighted by molar-refractivity contribution is 0.585. The molecule has 0 atom stereocenters. The Morgan fingerprint density at radius 1 is 1.18 bits per heavy atom. The third-order valence-corrected chi connectivity index (χ3v) is 2.93. The van der Waals surface area contributed by atoms with Gasteiger partial charge in [-0.25, -0.2) is 9.37 Å². The van der Waals surface area contributed by atoms with Gasteiger partial charge in [0, 0.05) is 11.0 Å². The van der Waals surface area contributed by atoms with Gasteiger partial charge in [-0.15, -0.1) is 0 Å². The largest absolute Gasteiger partial charge is 0.366 e. The monoisotopic (exact) mass is 298 g/mol. The summed E-state index contributed by atoms with van der Waals surface area (Å²) in [6.45, 7) is 0.442. The number of hydrogen-bond acceptors (Lipinski definition) is 2. The molecule has 0 bridgehead atoms. The maximum atomic E-state index is 12.9. The van der Waals surface area contributed by atoms with Gasteiger partial charge in [-0.2, -0.15) is 4.39 Å². The zero-order chi connectivity index (χ0) is 12.3. The highest BCUT2D eigenvalue weighted by Gasteiger charge is 2.02. The van der Waals surface area contributed by atoms with Crippen molar-refractivity contribution in [1.29, 1.82) is 0 Å². The van der Waals surface area contributed by atoms with Crippen LogP contribution in [0.3, 0.4) is 0 Å². The second-order valence-electron chi connectivity index (χ2n) is 3.43. The third kappa shape index (κ3) is 3.23. The highest BCUT2D eigenvalue weighted by atomic mass is 79.9. The molecule has 88 valence electrons. The Labute approximate surface area is 106 Å². The Bertz CT molecular complexity index is 532. The van der Waals surface area contributed by atoms with Crippen LogP contribution in [0.4, 0.5) is 14.6 Å². The van der Waals surface area contributed by atoms with Crippen molar-refractivity contribution in [2.75, 3.05) is 5.32 Å². The molecule has 0 amide bonds. The van der Waals surface area contributed by atoms with Crippen molar-refractivity contribution in [3.05, 3.63) is 58.2 Å². The first-order chi connectivity index (χ1) is 8.15. The summed E-state index contributed by atoms with van der Waals surface area (Å²) in [5, 5.41) is 2.96. The van der Waals surface area contributed by atoms with E-state index in [1.807, 2.05) is 0 Å². The quantitative estimate of drug-likeness (QED) is 0.873. The van der Waals surface area contributed by atoms with E-state index in [1.165, 1.54) is 18.2 Å².